The van der Waals surface area contributed by atoms with Gasteiger partial charge in [-0.2, -0.15) is 0 Å². The number of unbranched alkanes of at least 4 members (excludes halogenated alkanes) is 2. The predicted molar refractivity (Wildman–Crippen MR) is 128 cm³/mol. The molecule has 1 aliphatic heterocycles. The predicted octanol–water partition coefficient (Wildman–Crippen LogP) is 4.43. The number of aliphatic hydroxyl groups excluding tert-OH is 3. The van der Waals surface area contributed by atoms with Crippen LogP contribution in [0.5, 0.6) is 11.5 Å². The van der Waals surface area contributed by atoms with Crippen molar-refractivity contribution in [2.24, 2.45) is 5.92 Å². The van der Waals surface area contributed by atoms with Gasteiger partial charge in [-0.1, -0.05) is 38.3 Å². The minimum absolute atomic E-state index is 0.0355. The van der Waals surface area contributed by atoms with E-state index in [1.807, 2.05) is 6.07 Å². The molecule has 0 radical (unpaired) electrons. The topological polar surface area (TPSA) is 96.2 Å². The second-order valence-corrected chi connectivity index (χ2v) is 10.2. The van der Waals surface area contributed by atoms with Gasteiger partial charge in [-0.15, -0.1) is 0 Å². The minimum Gasteiger partial charge on any atom is -0.487 e. The molecule has 0 bridgehead atoms. The molecular weight excluding hydrogens is 420 g/mol. The summed E-state index contributed by atoms with van der Waals surface area (Å²) < 4.78 is 12.2. The van der Waals surface area contributed by atoms with E-state index in [1.165, 1.54) is 5.57 Å². The first kappa shape index (κ1) is 25.7. The highest BCUT2D eigenvalue weighted by Gasteiger charge is 2.46. The van der Waals surface area contributed by atoms with E-state index in [9.17, 15) is 20.1 Å². The summed E-state index contributed by atoms with van der Waals surface area (Å²) >= 11 is 0. The molecule has 6 heteroatoms. The molecule has 0 saturated heterocycles. The molecule has 0 amide bonds. The second-order valence-electron chi connectivity index (χ2n) is 10.2. The third-order valence-electron chi connectivity index (χ3n) is 7.17. The van der Waals surface area contributed by atoms with E-state index in [0.29, 0.717) is 11.5 Å². The van der Waals surface area contributed by atoms with Crippen molar-refractivity contribution in [3.8, 4) is 11.5 Å². The van der Waals surface area contributed by atoms with Crippen molar-refractivity contribution in [2.45, 2.75) is 109 Å². The highest BCUT2D eigenvalue weighted by atomic mass is 16.6. The number of fused-ring (bicyclic) bond motifs is 3. The molecule has 184 valence electrons. The van der Waals surface area contributed by atoms with E-state index in [0.717, 1.165) is 49.7 Å². The highest BCUT2D eigenvalue weighted by molar-refractivity contribution is 5.78. The van der Waals surface area contributed by atoms with Gasteiger partial charge in [0.05, 0.1) is 6.10 Å². The fraction of sp³-hybridized carbons (Fsp3) is 0.667. The first-order valence-electron chi connectivity index (χ1n) is 12.4. The summed E-state index contributed by atoms with van der Waals surface area (Å²) in [6.45, 7) is 10.2. The molecule has 1 heterocycles. The summed E-state index contributed by atoms with van der Waals surface area (Å²) in [5.74, 6) is 0.383. The molecule has 0 unspecified atom stereocenters. The number of benzene rings is 1. The Labute approximate surface area is 197 Å². The molecule has 1 aromatic rings. The van der Waals surface area contributed by atoms with Crippen LogP contribution >= 0.6 is 0 Å². The van der Waals surface area contributed by atoms with Crippen LogP contribution in [-0.4, -0.2) is 45.2 Å². The summed E-state index contributed by atoms with van der Waals surface area (Å²) in [4.78, 5) is 12.8. The summed E-state index contributed by atoms with van der Waals surface area (Å²) in [7, 11) is 0. The van der Waals surface area contributed by atoms with Gasteiger partial charge in [-0.05, 0) is 70.6 Å². The van der Waals surface area contributed by atoms with Crippen LogP contribution in [0.3, 0.4) is 0 Å². The van der Waals surface area contributed by atoms with Gasteiger partial charge in [0, 0.05) is 17.4 Å². The Hall–Kier alpha value is -1.89. The zero-order valence-corrected chi connectivity index (χ0v) is 20.6. The number of hydrogen-bond donors (Lipinski definition) is 3. The number of aliphatic hydroxyl groups is 3. The summed E-state index contributed by atoms with van der Waals surface area (Å²) in [6, 6.07) is 3.93. The van der Waals surface area contributed by atoms with Crippen molar-refractivity contribution in [3.63, 3.8) is 0 Å². The lowest BCUT2D eigenvalue weighted by Gasteiger charge is -2.46. The number of carbonyl (C=O) groups is 1. The Bertz CT molecular complexity index is 874. The molecule has 1 aromatic carbocycles. The monoisotopic (exact) mass is 460 g/mol. The molecule has 3 rings (SSSR count). The number of carbonyl (C=O) groups excluding carboxylic acids is 1. The van der Waals surface area contributed by atoms with Gasteiger partial charge in [-0.3, -0.25) is 0 Å². The minimum atomic E-state index is -1.83. The third kappa shape index (κ3) is 5.61. The van der Waals surface area contributed by atoms with Crippen molar-refractivity contribution >= 4 is 5.97 Å². The lowest BCUT2D eigenvalue weighted by molar-refractivity contribution is -0.155. The normalized spacial score (nSPS) is 23.9. The molecule has 1 aliphatic carbocycles. The number of rotatable bonds is 9. The number of hydrogen-bond acceptors (Lipinski definition) is 6. The Morgan fingerprint density at radius 1 is 1.21 bits per heavy atom. The molecule has 0 fully saturated rings. The van der Waals surface area contributed by atoms with Crippen LogP contribution < -0.4 is 9.47 Å². The fourth-order valence-electron chi connectivity index (χ4n) is 5.13. The van der Waals surface area contributed by atoms with Gasteiger partial charge in [0.25, 0.3) is 0 Å². The van der Waals surface area contributed by atoms with Crippen molar-refractivity contribution in [1.29, 1.82) is 0 Å². The standard InChI is InChI=1S/C27H40O6/c1-6-8-9-10-17-14-21(32-26(31)25(30)24(29)20(28)7-2)23-18-13-16(3)11-12-19(18)27(4,5)33-22(23)15-17/h13-15,18-20,24-25,28-30H,6-12H2,1-5H3/t18-,19-,20-,24-,25-/m1/s1. The largest absolute Gasteiger partial charge is 0.487 e. The Kier molecular flexibility index (Phi) is 8.25. The summed E-state index contributed by atoms with van der Waals surface area (Å²) in [5.41, 5.74) is 2.77. The Balaban J connectivity index is 2.02. The van der Waals surface area contributed by atoms with Crippen LogP contribution in [0.25, 0.3) is 0 Å². The van der Waals surface area contributed by atoms with Crippen molar-refractivity contribution < 1.29 is 29.6 Å². The first-order valence-corrected chi connectivity index (χ1v) is 12.4. The number of esters is 1. The Morgan fingerprint density at radius 2 is 1.94 bits per heavy atom. The average molecular weight is 461 g/mol. The van der Waals surface area contributed by atoms with Crippen LogP contribution in [0.1, 0.15) is 90.2 Å². The Morgan fingerprint density at radius 3 is 2.61 bits per heavy atom. The molecule has 6 nitrogen and oxygen atoms in total. The lowest BCUT2D eigenvalue weighted by Crippen LogP contribution is -2.46. The van der Waals surface area contributed by atoms with Gasteiger partial charge in [0.15, 0.2) is 6.10 Å². The molecular formula is C27H40O6. The maximum atomic E-state index is 12.8. The molecule has 33 heavy (non-hydrogen) atoms. The van der Waals surface area contributed by atoms with E-state index < -0.39 is 24.3 Å². The van der Waals surface area contributed by atoms with Crippen LogP contribution in [0.15, 0.2) is 23.8 Å². The molecule has 5 atom stereocenters. The molecule has 0 aromatic heterocycles. The maximum Gasteiger partial charge on any atom is 0.343 e. The van der Waals surface area contributed by atoms with E-state index >= 15 is 0 Å². The molecule has 2 aliphatic rings. The zero-order chi connectivity index (χ0) is 24.3. The van der Waals surface area contributed by atoms with Crippen molar-refractivity contribution in [2.75, 3.05) is 0 Å². The maximum absolute atomic E-state index is 12.8. The van der Waals surface area contributed by atoms with E-state index in [2.05, 4.69) is 39.8 Å². The van der Waals surface area contributed by atoms with Gasteiger partial charge in [0.1, 0.15) is 23.2 Å². The SMILES string of the molecule is CCCCCc1cc(OC(=O)[C@H](O)[C@H](O)[C@H](O)CC)c2c(c1)OC(C)(C)[C@@H]1CCC(C)=C[C@@H]21. The zero-order valence-electron chi connectivity index (χ0n) is 20.6. The number of aryl methyl sites for hydroxylation is 1. The van der Waals surface area contributed by atoms with E-state index in [4.69, 9.17) is 9.47 Å². The second kappa shape index (κ2) is 10.6. The molecule has 3 N–H and O–H groups in total. The van der Waals surface area contributed by atoms with Gasteiger partial charge in [0.2, 0.25) is 0 Å². The van der Waals surface area contributed by atoms with Crippen LogP contribution in [0.2, 0.25) is 0 Å². The highest BCUT2D eigenvalue weighted by Crippen LogP contribution is 2.53. The van der Waals surface area contributed by atoms with Crippen molar-refractivity contribution in [1.82, 2.24) is 0 Å². The quantitative estimate of drug-likeness (QED) is 0.218. The summed E-state index contributed by atoms with van der Waals surface area (Å²) in [6.07, 6.45) is 3.85. The number of allylic oxidation sites excluding steroid dienone is 2. The summed E-state index contributed by atoms with van der Waals surface area (Å²) in [5, 5.41) is 30.3. The lowest BCUT2D eigenvalue weighted by atomic mass is 9.68. The van der Waals surface area contributed by atoms with Crippen LogP contribution in [0, 0.1) is 5.92 Å². The molecule has 0 spiro atoms. The van der Waals surface area contributed by atoms with Gasteiger partial charge < -0.3 is 24.8 Å². The van der Waals surface area contributed by atoms with Crippen molar-refractivity contribution in [3.05, 3.63) is 34.9 Å². The van der Waals surface area contributed by atoms with Gasteiger partial charge in [-0.25, -0.2) is 4.79 Å². The fourth-order valence-corrected chi connectivity index (χ4v) is 5.13. The van der Waals surface area contributed by atoms with Crippen LogP contribution in [-0.2, 0) is 11.2 Å². The van der Waals surface area contributed by atoms with Gasteiger partial charge >= 0.3 is 5.97 Å². The third-order valence-corrected chi connectivity index (χ3v) is 7.17. The smallest absolute Gasteiger partial charge is 0.343 e. The first-order chi connectivity index (χ1) is 15.6. The average Bonchev–Trinajstić information content (AvgIpc) is 2.76. The number of ether oxygens (including phenoxy) is 2. The van der Waals surface area contributed by atoms with Crippen LogP contribution in [0.4, 0.5) is 0 Å². The van der Waals surface area contributed by atoms with E-state index in [-0.39, 0.29) is 23.9 Å². The van der Waals surface area contributed by atoms with E-state index in [1.54, 1.807) is 6.92 Å². The molecule has 0 saturated carbocycles.